The first-order valence-corrected chi connectivity index (χ1v) is 12.5. The molecule has 7 nitrogen and oxygen atoms in total. The van der Waals surface area contributed by atoms with Gasteiger partial charge in [-0.05, 0) is 53.4 Å². The topological polar surface area (TPSA) is 105 Å². The number of hydrogen-bond donors (Lipinski definition) is 3. The molecule has 5 rings (SSSR count). The number of amides is 2. The minimum Gasteiger partial charge on any atom is -0.481 e. The Hall–Kier alpha value is -3.35. The Labute approximate surface area is 205 Å². The number of rotatable bonds is 8. The molecule has 2 amide bonds. The molecule has 2 fully saturated rings. The van der Waals surface area contributed by atoms with E-state index in [1.807, 2.05) is 24.3 Å². The summed E-state index contributed by atoms with van der Waals surface area (Å²) in [6, 6.07) is 16.3. The molecule has 2 aromatic carbocycles. The monoisotopic (exact) mass is 476 g/mol. The Morgan fingerprint density at radius 2 is 1.49 bits per heavy atom. The Kier molecular flexibility index (Phi) is 6.26. The van der Waals surface area contributed by atoms with Crippen LogP contribution in [0.1, 0.15) is 68.4 Å². The smallest absolute Gasteiger partial charge is 0.408 e. The van der Waals surface area contributed by atoms with Crippen molar-refractivity contribution >= 4 is 18.0 Å². The quantitative estimate of drug-likeness (QED) is 0.517. The highest BCUT2D eigenvalue weighted by Gasteiger charge is 2.45. The molecule has 0 unspecified atom stereocenters. The number of fused-ring (bicyclic) bond motifs is 3. The highest BCUT2D eigenvalue weighted by molar-refractivity contribution is 5.90. The van der Waals surface area contributed by atoms with Gasteiger partial charge in [-0.2, -0.15) is 0 Å². The lowest BCUT2D eigenvalue weighted by molar-refractivity contribution is -0.142. The number of carboxylic acids is 1. The first-order valence-electron chi connectivity index (χ1n) is 12.5. The molecule has 3 aliphatic rings. The zero-order valence-corrected chi connectivity index (χ0v) is 19.8. The van der Waals surface area contributed by atoms with Crippen LogP contribution in [0, 0.1) is 5.41 Å². The molecule has 0 aromatic heterocycles. The van der Waals surface area contributed by atoms with E-state index in [0.29, 0.717) is 19.4 Å². The number of carbonyl (C=O) groups is 3. The molecule has 3 N–H and O–H groups in total. The predicted molar refractivity (Wildman–Crippen MR) is 131 cm³/mol. The minimum absolute atomic E-state index is 0.0454. The van der Waals surface area contributed by atoms with Crippen molar-refractivity contribution in [3.8, 4) is 11.1 Å². The summed E-state index contributed by atoms with van der Waals surface area (Å²) in [5, 5.41) is 15.1. The van der Waals surface area contributed by atoms with E-state index in [9.17, 15) is 19.5 Å². The van der Waals surface area contributed by atoms with Crippen molar-refractivity contribution in [1.29, 1.82) is 0 Å². The summed E-state index contributed by atoms with van der Waals surface area (Å²) in [4.78, 5) is 37.4. The van der Waals surface area contributed by atoms with Crippen molar-refractivity contribution in [2.45, 2.75) is 62.8 Å². The second-order valence-electron chi connectivity index (χ2n) is 10.3. The van der Waals surface area contributed by atoms with Crippen molar-refractivity contribution < 1.29 is 24.2 Å². The van der Waals surface area contributed by atoms with Gasteiger partial charge >= 0.3 is 12.1 Å². The maximum Gasteiger partial charge on any atom is 0.408 e. The maximum absolute atomic E-state index is 13.2. The summed E-state index contributed by atoms with van der Waals surface area (Å²) in [7, 11) is 0. The van der Waals surface area contributed by atoms with Crippen LogP contribution >= 0.6 is 0 Å². The van der Waals surface area contributed by atoms with Gasteiger partial charge in [-0.15, -0.1) is 0 Å². The van der Waals surface area contributed by atoms with E-state index >= 15 is 0 Å². The fraction of sp³-hybridized carbons (Fsp3) is 0.464. The molecule has 3 aliphatic carbocycles. The van der Waals surface area contributed by atoms with E-state index in [2.05, 4.69) is 34.9 Å². The number of aliphatic carboxylic acids is 1. The summed E-state index contributed by atoms with van der Waals surface area (Å²) in [5.74, 6) is -1.12. The average Bonchev–Trinajstić information content (AvgIpc) is 3.42. The SMILES string of the molecule is O=C(O)CC1(CNC(=O)C2(NC(=O)OCC3c4ccccc4-c4ccccc43)CCCC2)CCC1. The molecular formula is C28H32N2O5. The Bertz CT molecular complexity index is 1090. The van der Waals surface area contributed by atoms with Gasteiger partial charge in [-0.25, -0.2) is 4.79 Å². The second kappa shape index (κ2) is 9.36. The summed E-state index contributed by atoms with van der Waals surface area (Å²) in [6.07, 6.45) is 4.83. The van der Waals surface area contributed by atoms with E-state index in [0.717, 1.165) is 54.4 Å². The van der Waals surface area contributed by atoms with Crippen LogP contribution in [0.2, 0.25) is 0 Å². The van der Waals surface area contributed by atoms with Crippen molar-refractivity contribution in [1.82, 2.24) is 10.6 Å². The van der Waals surface area contributed by atoms with Crippen LogP contribution in [0.3, 0.4) is 0 Å². The summed E-state index contributed by atoms with van der Waals surface area (Å²) in [5.41, 5.74) is 3.23. The van der Waals surface area contributed by atoms with Crippen molar-refractivity contribution in [3.63, 3.8) is 0 Å². The van der Waals surface area contributed by atoms with Crippen LogP contribution in [-0.2, 0) is 14.3 Å². The molecule has 0 spiro atoms. The number of alkyl carbamates (subject to hydrolysis) is 1. The van der Waals surface area contributed by atoms with E-state index in [4.69, 9.17) is 4.74 Å². The molecule has 0 bridgehead atoms. The van der Waals surface area contributed by atoms with Crippen LogP contribution in [0.25, 0.3) is 11.1 Å². The molecule has 35 heavy (non-hydrogen) atoms. The van der Waals surface area contributed by atoms with E-state index < -0.39 is 17.6 Å². The fourth-order valence-corrected chi connectivity index (χ4v) is 6.07. The minimum atomic E-state index is -1.00. The second-order valence-corrected chi connectivity index (χ2v) is 10.3. The van der Waals surface area contributed by atoms with Gasteiger partial charge in [0.05, 0.1) is 6.42 Å². The number of benzene rings is 2. The summed E-state index contributed by atoms with van der Waals surface area (Å²) in [6.45, 7) is 0.519. The van der Waals surface area contributed by atoms with Crippen LogP contribution in [0.15, 0.2) is 48.5 Å². The van der Waals surface area contributed by atoms with E-state index in [-0.39, 0.29) is 30.3 Å². The normalized spacial score (nSPS) is 19.2. The predicted octanol–water partition coefficient (Wildman–Crippen LogP) is 4.60. The molecule has 2 aromatic rings. The Morgan fingerprint density at radius 3 is 2.03 bits per heavy atom. The van der Waals surface area contributed by atoms with Gasteiger partial charge in [-0.1, -0.05) is 67.8 Å². The number of carboxylic acid groups (broad SMARTS) is 1. The first-order chi connectivity index (χ1) is 16.9. The van der Waals surface area contributed by atoms with Gasteiger partial charge < -0.3 is 20.5 Å². The third-order valence-corrected chi connectivity index (χ3v) is 8.14. The van der Waals surface area contributed by atoms with Crippen LogP contribution in [-0.4, -0.2) is 41.8 Å². The average molecular weight is 477 g/mol. The summed E-state index contributed by atoms with van der Waals surface area (Å²) < 4.78 is 5.70. The van der Waals surface area contributed by atoms with Crippen LogP contribution in [0.4, 0.5) is 4.79 Å². The molecule has 0 saturated heterocycles. The lowest BCUT2D eigenvalue weighted by Gasteiger charge is -2.41. The lowest BCUT2D eigenvalue weighted by atomic mass is 9.66. The van der Waals surface area contributed by atoms with Gasteiger partial charge in [0.15, 0.2) is 0 Å². The van der Waals surface area contributed by atoms with E-state index in [1.54, 1.807) is 0 Å². The zero-order chi connectivity index (χ0) is 24.5. The van der Waals surface area contributed by atoms with Crippen molar-refractivity contribution in [3.05, 3.63) is 59.7 Å². The standard InChI is InChI=1S/C28H32N2O5/c31-24(32)16-27(12-7-13-27)18-29-25(33)28(14-5-6-15-28)30-26(34)35-17-23-21-10-3-1-8-19(21)20-9-2-4-11-22(20)23/h1-4,8-11,23H,5-7,12-18H2,(H,29,33)(H,30,34)(H,31,32). The number of hydrogen-bond acceptors (Lipinski definition) is 4. The van der Waals surface area contributed by atoms with Gasteiger partial charge in [-0.3, -0.25) is 9.59 Å². The molecule has 2 saturated carbocycles. The van der Waals surface area contributed by atoms with Crippen LogP contribution in [0.5, 0.6) is 0 Å². The first kappa shape index (κ1) is 23.4. The number of ether oxygens (including phenoxy) is 1. The molecule has 7 heteroatoms. The Balaban J connectivity index is 1.23. The largest absolute Gasteiger partial charge is 0.481 e. The molecular weight excluding hydrogens is 444 g/mol. The Morgan fingerprint density at radius 1 is 0.886 bits per heavy atom. The van der Waals surface area contributed by atoms with Crippen LogP contribution < -0.4 is 10.6 Å². The van der Waals surface area contributed by atoms with Crippen molar-refractivity contribution in [2.24, 2.45) is 5.41 Å². The third-order valence-electron chi connectivity index (χ3n) is 8.14. The fourth-order valence-electron chi connectivity index (χ4n) is 6.07. The molecule has 0 radical (unpaired) electrons. The molecule has 184 valence electrons. The van der Waals surface area contributed by atoms with Crippen molar-refractivity contribution in [2.75, 3.05) is 13.2 Å². The third kappa shape index (κ3) is 4.51. The van der Waals surface area contributed by atoms with Gasteiger partial charge in [0.2, 0.25) is 5.91 Å². The highest BCUT2D eigenvalue weighted by atomic mass is 16.5. The summed E-state index contributed by atoms with van der Waals surface area (Å²) >= 11 is 0. The number of carbonyl (C=O) groups excluding carboxylic acids is 2. The molecule has 0 heterocycles. The lowest BCUT2D eigenvalue weighted by Crippen LogP contribution is -2.59. The highest BCUT2D eigenvalue weighted by Crippen LogP contribution is 2.45. The van der Waals surface area contributed by atoms with Gasteiger partial charge in [0.1, 0.15) is 12.1 Å². The van der Waals surface area contributed by atoms with E-state index in [1.165, 1.54) is 0 Å². The maximum atomic E-state index is 13.2. The van der Waals surface area contributed by atoms with Gasteiger partial charge in [0.25, 0.3) is 0 Å². The molecule has 0 aliphatic heterocycles. The molecule has 0 atom stereocenters. The zero-order valence-electron chi connectivity index (χ0n) is 19.8. The van der Waals surface area contributed by atoms with Gasteiger partial charge in [0, 0.05) is 12.5 Å². The number of nitrogens with one attached hydrogen (secondary N) is 2.